The molecule has 2 N–H and O–H groups in total. The van der Waals surface area contributed by atoms with E-state index < -0.39 is 6.36 Å². The fourth-order valence-electron chi connectivity index (χ4n) is 2.55. The van der Waals surface area contributed by atoms with E-state index in [0.717, 1.165) is 32.8 Å². The number of ether oxygens (including phenoxy) is 2. The molecule has 2 heterocycles. The normalized spacial score (nSPS) is 15.4. The highest BCUT2D eigenvalue weighted by Crippen LogP contribution is 2.25. The van der Waals surface area contributed by atoms with Crippen LogP contribution in [-0.2, 0) is 4.74 Å². The number of hydrogen-bond acceptors (Lipinski definition) is 7. The molecule has 1 aromatic heterocycles. The molecule has 2 aromatic rings. The summed E-state index contributed by atoms with van der Waals surface area (Å²) in [6.45, 7) is 4.90. The standard InChI is InChI=1S/C17H20F3N5O2/c18-17(19,20)27-14-3-1-13(2-4-14)23-15-5-6-21-16(24-15)22-7-8-25-9-11-26-12-10-25/h1-6H,7-12H2,(H2,21,22,23,24). The number of halogens is 3. The number of hydrogen-bond donors (Lipinski definition) is 2. The summed E-state index contributed by atoms with van der Waals surface area (Å²) in [5.74, 6) is 0.731. The van der Waals surface area contributed by atoms with Crippen LogP contribution in [0.2, 0.25) is 0 Å². The molecule has 10 heteroatoms. The van der Waals surface area contributed by atoms with Crippen molar-refractivity contribution in [2.75, 3.05) is 50.0 Å². The van der Waals surface area contributed by atoms with Crippen LogP contribution in [0.3, 0.4) is 0 Å². The Kier molecular flexibility index (Phi) is 6.30. The molecule has 0 saturated carbocycles. The summed E-state index contributed by atoms with van der Waals surface area (Å²) in [5, 5.41) is 6.18. The number of nitrogens with zero attached hydrogens (tertiary/aromatic N) is 3. The SMILES string of the molecule is FC(F)(F)Oc1ccc(Nc2ccnc(NCCN3CCOCC3)n2)cc1. The summed E-state index contributed by atoms with van der Waals surface area (Å²) >= 11 is 0. The van der Waals surface area contributed by atoms with Crippen molar-refractivity contribution in [2.45, 2.75) is 6.36 Å². The maximum atomic E-state index is 12.2. The van der Waals surface area contributed by atoms with Crippen LogP contribution in [0.5, 0.6) is 5.75 Å². The van der Waals surface area contributed by atoms with Gasteiger partial charge in [-0.25, -0.2) is 4.98 Å². The first kappa shape index (κ1) is 19.2. The maximum Gasteiger partial charge on any atom is 0.573 e. The van der Waals surface area contributed by atoms with Crippen molar-refractivity contribution in [3.8, 4) is 5.75 Å². The molecule has 0 aliphatic carbocycles. The third-order valence-electron chi connectivity index (χ3n) is 3.83. The second kappa shape index (κ2) is 8.87. The minimum absolute atomic E-state index is 0.277. The molecule has 1 saturated heterocycles. The number of aromatic nitrogens is 2. The third-order valence-corrected chi connectivity index (χ3v) is 3.83. The van der Waals surface area contributed by atoms with Crippen LogP contribution in [0, 0.1) is 0 Å². The summed E-state index contributed by atoms with van der Waals surface area (Å²) in [5.41, 5.74) is 0.586. The summed E-state index contributed by atoms with van der Waals surface area (Å²) < 4.78 is 45.7. The van der Waals surface area contributed by atoms with Gasteiger partial charge in [0.15, 0.2) is 0 Å². The van der Waals surface area contributed by atoms with E-state index >= 15 is 0 Å². The van der Waals surface area contributed by atoms with Gasteiger partial charge in [-0.1, -0.05) is 0 Å². The van der Waals surface area contributed by atoms with E-state index in [1.165, 1.54) is 24.3 Å². The number of alkyl halides is 3. The molecule has 0 spiro atoms. The van der Waals surface area contributed by atoms with E-state index in [9.17, 15) is 13.2 Å². The van der Waals surface area contributed by atoms with E-state index in [0.29, 0.717) is 24.0 Å². The Labute approximate surface area is 154 Å². The van der Waals surface area contributed by atoms with Crippen molar-refractivity contribution < 1.29 is 22.6 Å². The highest BCUT2D eigenvalue weighted by atomic mass is 19.4. The zero-order valence-corrected chi connectivity index (χ0v) is 14.5. The highest BCUT2D eigenvalue weighted by Gasteiger charge is 2.30. The molecule has 0 amide bonds. The Bertz CT molecular complexity index is 721. The lowest BCUT2D eigenvalue weighted by molar-refractivity contribution is -0.274. The Morgan fingerprint density at radius 2 is 1.85 bits per heavy atom. The average Bonchev–Trinajstić information content (AvgIpc) is 2.63. The minimum atomic E-state index is -4.70. The minimum Gasteiger partial charge on any atom is -0.406 e. The monoisotopic (exact) mass is 383 g/mol. The van der Waals surface area contributed by atoms with Crippen molar-refractivity contribution in [3.63, 3.8) is 0 Å². The Morgan fingerprint density at radius 1 is 1.11 bits per heavy atom. The molecule has 1 fully saturated rings. The van der Waals surface area contributed by atoms with Crippen LogP contribution in [0.25, 0.3) is 0 Å². The van der Waals surface area contributed by atoms with Crippen LogP contribution in [0.4, 0.5) is 30.6 Å². The van der Waals surface area contributed by atoms with Crippen LogP contribution in [0.15, 0.2) is 36.5 Å². The number of anilines is 3. The van der Waals surface area contributed by atoms with Crippen LogP contribution >= 0.6 is 0 Å². The number of morpholine rings is 1. The van der Waals surface area contributed by atoms with Gasteiger partial charge >= 0.3 is 6.36 Å². The van der Waals surface area contributed by atoms with Gasteiger partial charge in [0.2, 0.25) is 5.95 Å². The molecule has 27 heavy (non-hydrogen) atoms. The second-order valence-electron chi connectivity index (χ2n) is 5.84. The van der Waals surface area contributed by atoms with E-state index in [1.807, 2.05) is 0 Å². The lowest BCUT2D eigenvalue weighted by atomic mass is 10.3. The van der Waals surface area contributed by atoms with Crippen LogP contribution in [-0.4, -0.2) is 60.6 Å². The van der Waals surface area contributed by atoms with Crippen molar-refractivity contribution in [1.29, 1.82) is 0 Å². The van der Waals surface area contributed by atoms with Gasteiger partial charge in [0.25, 0.3) is 0 Å². The van der Waals surface area contributed by atoms with Crippen molar-refractivity contribution in [3.05, 3.63) is 36.5 Å². The molecule has 1 aromatic carbocycles. The fraction of sp³-hybridized carbons (Fsp3) is 0.412. The molecule has 1 aliphatic rings. The predicted octanol–water partition coefficient (Wildman–Crippen LogP) is 2.86. The summed E-state index contributed by atoms with van der Waals surface area (Å²) in [6, 6.07) is 7.10. The zero-order valence-electron chi connectivity index (χ0n) is 14.5. The van der Waals surface area contributed by atoms with E-state index in [4.69, 9.17) is 4.74 Å². The Hall–Kier alpha value is -2.59. The van der Waals surface area contributed by atoms with Crippen molar-refractivity contribution >= 4 is 17.5 Å². The smallest absolute Gasteiger partial charge is 0.406 e. The second-order valence-corrected chi connectivity index (χ2v) is 5.84. The molecule has 7 nitrogen and oxygen atoms in total. The molecule has 0 atom stereocenters. The molecule has 3 rings (SSSR count). The van der Waals surface area contributed by atoms with Crippen LogP contribution < -0.4 is 15.4 Å². The third kappa shape index (κ3) is 6.57. The zero-order chi connectivity index (χ0) is 19.1. The summed E-state index contributed by atoms with van der Waals surface area (Å²) in [7, 11) is 0. The van der Waals surface area contributed by atoms with Gasteiger partial charge in [0.05, 0.1) is 13.2 Å². The highest BCUT2D eigenvalue weighted by molar-refractivity contribution is 5.57. The van der Waals surface area contributed by atoms with E-state index in [-0.39, 0.29) is 5.75 Å². The molecular formula is C17H20F3N5O2. The topological polar surface area (TPSA) is 71.5 Å². The lowest BCUT2D eigenvalue weighted by Crippen LogP contribution is -2.39. The first-order valence-corrected chi connectivity index (χ1v) is 8.48. The van der Waals surface area contributed by atoms with Gasteiger partial charge in [-0.05, 0) is 30.3 Å². The lowest BCUT2D eigenvalue weighted by Gasteiger charge is -2.26. The van der Waals surface area contributed by atoms with Gasteiger partial charge in [0, 0.05) is 38.1 Å². The van der Waals surface area contributed by atoms with Gasteiger partial charge < -0.3 is 20.1 Å². The molecule has 0 unspecified atom stereocenters. The molecule has 1 aliphatic heterocycles. The first-order valence-electron chi connectivity index (χ1n) is 8.48. The van der Waals surface area contributed by atoms with E-state index in [2.05, 4.69) is 30.2 Å². The Balaban J connectivity index is 1.51. The average molecular weight is 383 g/mol. The number of rotatable bonds is 7. The number of benzene rings is 1. The van der Waals surface area contributed by atoms with Gasteiger partial charge in [-0.15, -0.1) is 13.2 Å². The summed E-state index contributed by atoms with van der Waals surface area (Å²) in [4.78, 5) is 10.8. The quantitative estimate of drug-likeness (QED) is 0.762. The largest absolute Gasteiger partial charge is 0.573 e. The molecule has 0 bridgehead atoms. The molecule has 146 valence electrons. The first-order chi connectivity index (χ1) is 13.0. The number of nitrogens with one attached hydrogen (secondary N) is 2. The van der Waals surface area contributed by atoms with Gasteiger partial charge in [0.1, 0.15) is 11.6 Å². The Morgan fingerprint density at radius 3 is 2.56 bits per heavy atom. The van der Waals surface area contributed by atoms with Crippen molar-refractivity contribution in [1.82, 2.24) is 14.9 Å². The fourth-order valence-corrected chi connectivity index (χ4v) is 2.55. The maximum absolute atomic E-state index is 12.2. The molecule has 0 radical (unpaired) electrons. The van der Waals surface area contributed by atoms with Crippen LogP contribution in [0.1, 0.15) is 0 Å². The predicted molar refractivity (Wildman–Crippen MR) is 94.2 cm³/mol. The van der Waals surface area contributed by atoms with Gasteiger partial charge in [-0.3, -0.25) is 4.90 Å². The van der Waals surface area contributed by atoms with Gasteiger partial charge in [-0.2, -0.15) is 4.98 Å². The van der Waals surface area contributed by atoms with E-state index in [1.54, 1.807) is 12.3 Å². The molecular weight excluding hydrogens is 363 g/mol. The summed E-state index contributed by atoms with van der Waals surface area (Å²) in [6.07, 6.45) is -3.10. The van der Waals surface area contributed by atoms with Crippen molar-refractivity contribution in [2.24, 2.45) is 0 Å².